The van der Waals surface area contributed by atoms with Crippen LogP contribution in [-0.4, -0.2) is 45.3 Å². The molecule has 0 aromatic heterocycles. The van der Waals surface area contributed by atoms with E-state index >= 15 is 0 Å². The van der Waals surface area contributed by atoms with Gasteiger partial charge in [0.25, 0.3) is 0 Å². The molecule has 3 rings (SSSR count). The molecule has 2 aromatic carbocycles. The predicted octanol–water partition coefficient (Wildman–Crippen LogP) is 1.40. The second-order valence-corrected chi connectivity index (χ2v) is 16.6. The summed E-state index contributed by atoms with van der Waals surface area (Å²) < 4.78 is 0. The molecule has 0 radical (unpaired) electrons. The molecule has 0 spiro atoms. The van der Waals surface area contributed by atoms with Crippen molar-refractivity contribution in [1.82, 2.24) is 9.80 Å². The van der Waals surface area contributed by atoms with Crippen LogP contribution in [0.2, 0.25) is 0 Å². The molecule has 0 atom stereocenters. The van der Waals surface area contributed by atoms with E-state index in [-0.39, 0.29) is 57.7 Å². The molecule has 0 N–H and O–H groups in total. The van der Waals surface area contributed by atoms with Gasteiger partial charge in [0.15, 0.2) is 0 Å². The minimum absolute atomic E-state index is 0. The van der Waals surface area contributed by atoms with Crippen LogP contribution in [-0.2, 0) is 30.2 Å². The number of rotatable bonds is 4. The maximum absolute atomic E-state index is 2.79. The Morgan fingerprint density at radius 1 is 0.576 bits per heavy atom. The Bertz CT molecular complexity index is 703. The van der Waals surface area contributed by atoms with Crippen LogP contribution in [0.1, 0.15) is 52.7 Å². The summed E-state index contributed by atoms with van der Waals surface area (Å²) in [5.41, 5.74) is 2.90. The van der Waals surface area contributed by atoms with Crippen molar-refractivity contribution in [2.45, 2.75) is 64.9 Å². The summed E-state index contributed by atoms with van der Waals surface area (Å²) in [6.45, 7) is 16.9. The second-order valence-electron chi connectivity index (χ2n) is 10.6. The summed E-state index contributed by atoms with van der Waals surface area (Å²) in [4.78, 5) is 5.59. The predicted molar refractivity (Wildman–Crippen MR) is 137 cm³/mol. The summed E-state index contributed by atoms with van der Waals surface area (Å²) in [5, 5.41) is 0.724. The first-order valence-corrected chi connectivity index (χ1v) is 14.6. The topological polar surface area (TPSA) is 6.48 Å². The Balaban J connectivity index is 0.00000341. The van der Waals surface area contributed by atoms with Gasteiger partial charge in [0, 0.05) is 38.2 Å². The van der Waals surface area contributed by atoms with Crippen LogP contribution in [0.15, 0.2) is 60.7 Å². The van der Waals surface area contributed by atoms with Gasteiger partial charge in [0.05, 0.1) is 0 Å². The molecule has 1 fully saturated rings. The van der Waals surface area contributed by atoms with Crippen LogP contribution < -0.4 is 24.8 Å². The number of nitrogens with zero attached hydrogens (tertiary/aromatic N) is 2. The normalized spacial score (nSPS) is 20.4. The average Bonchev–Trinajstić information content (AvgIpc) is 2.65. The van der Waals surface area contributed by atoms with Crippen molar-refractivity contribution >= 4 is 15.8 Å². The fourth-order valence-electron chi connectivity index (χ4n) is 3.88. The summed E-state index contributed by atoms with van der Waals surface area (Å²) in [5.74, 6) is 0. The minimum atomic E-state index is -0.120. The van der Waals surface area contributed by atoms with Crippen molar-refractivity contribution in [3.05, 3.63) is 71.8 Å². The first kappa shape index (κ1) is 33.3. The fraction of sp³-hybridized carbons (Fsp3) is 0.538. The fourth-order valence-corrected chi connectivity index (χ4v) is 8.80. The van der Waals surface area contributed by atoms with Gasteiger partial charge in [-0.05, 0) is 21.4 Å². The first-order valence-electron chi connectivity index (χ1n) is 11.1. The van der Waals surface area contributed by atoms with E-state index in [1.165, 1.54) is 36.3 Å². The molecule has 186 valence electrons. The molecule has 0 unspecified atom stereocenters. The van der Waals surface area contributed by atoms with Crippen molar-refractivity contribution in [2.75, 3.05) is 25.1 Å². The number of hydrogen-bond donors (Lipinski definition) is 0. The third-order valence-corrected chi connectivity index (χ3v) is 12.6. The summed E-state index contributed by atoms with van der Waals surface area (Å²) >= 11 is 0. The van der Waals surface area contributed by atoms with Gasteiger partial charge < -0.3 is 24.8 Å². The van der Waals surface area contributed by atoms with E-state index in [1.54, 1.807) is 0 Å². The zero-order valence-corrected chi connectivity index (χ0v) is 25.3. The monoisotopic (exact) mass is 568 g/mol. The standard InChI is InChI=1S/C26H40N2P2.2ClH.Fe/c1-25(2,3)29-19-27(17-23-13-9-7-10-14-23)21-30(26(4,5)6)22-28(20-29)18-24-15-11-8-12-16-24;;;/h7-16H,17-22H2,1-6H3;2*1H;/q;;;+2/p-2. The zero-order valence-electron chi connectivity index (χ0n) is 20.9. The van der Waals surface area contributed by atoms with Crippen molar-refractivity contribution in [3.8, 4) is 0 Å². The van der Waals surface area contributed by atoms with Gasteiger partial charge in [0.2, 0.25) is 0 Å². The number of hydrogen-bond acceptors (Lipinski definition) is 2. The zero-order chi connectivity index (χ0) is 21.8. The van der Waals surface area contributed by atoms with Crippen molar-refractivity contribution in [3.63, 3.8) is 0 Å². The molecule has 1 aliphatic heterocycles. The van der Waals surface area contributed by atoms with E-state index in [9.17, 15) is 0 Å². The third-order valence-electron chi connectivity index (χ3n) is 5.88. The molecular formula is C26H40Cl2FeN2P2. The Labute approximate surface area is 228 Å². The second kappa shape index (κ2) is 14.8. The van der Waals surface area contributed by atoms with Gasteiger partial charge >= 0.3 is 17.1 Å². The maximum Gasteiger partial charge on any atom is 2.00 e. The summed E-state index contributed by atoms with van der Waals surface area (Å²) in [7, 11) is -0.240. The molecule has 0 amide bonds. The van der Waals surface area contributed by atoms with Gasteiger partial charge in [0.1, 0.15) is 0 Å². The van der Waals surface area contributed by atoms with Gasteiger partial charge in [-0.2, -0.15) is 0 Å². The molecule has 7 heteroatoms. The van der Waals surface area contributed by atoms with Crippen molar-refractivity contribution in [1.29, 1.82) is 0 Å². The molecule has 33 heavy (non-hydrogen) atoms. The van der Waals surface area contributed by atoms with Crippen LogP contribution in [0, 0.1) is 0 Å². The Morgan fingerprint density at radius 3 is 1.09 bits per heavy atom. The Morgan fingerprint density at radius 2 is 0.848 bits per heavy atom. The number of halogens is 2. The van der Waals surface area contributed by atoms with Crippen LogP contribution >= 0.6 is 15.8 Å². The molecule has 1 aliphatic rings. The smallest absolute Gasteiger partial charge is 1.00 e. The van der Waals surface area contributed by atoms with Gasteiger partial charge in [-0.1, -0.05) is 118 Å². The first-order chi connectivity index (χ1) is 14.1. The average molecular weight is 569 g/mol. The molecule has 2 aromatic rings. The van der Waals surface area contributed by atoms with Gasteiger partial charge in [-0.25, -0.2) is 0 Å². The van der Waals surface area contributed by atoms with Crippen molar-refractivity contribution in [2.24, 2.45) is 0 Å². The van der Waals surface area contributed by atoms with Gasteiger partial charge in [-0.15, -0.1) is 0 Å². The van der Waals surface area contributed by atoms with Gasteiger partial charge in [-0.3, -0.25) is 9.80 Å². The van der Waals surface area contributed by atoms with E-state index < -0.39 is 0 Å². The molecule has 1 heterocycles. The van der Waals surface area contributed by atoms with E-state index in [0.29, 0.717) is 10.3 Å². The SMILES string of the molecule is CC(C)(C)P1CN(Cc2ccccc2)CP(C(C)(C)C)CN(Cc2ccccc2)C1.[Cl-].[Cl-].[Fe+2]. The van der Waals surface area contributed by atoms with Crippen LogP contribution in [0.3, 0.4) is 0 Å². The summed E-state index contributed by atoms with van der Waals surface area (Å²) in [6.07, 6.45) is 4.98. The molecule has 0 saturated carbocycles. The third kappa shape index (κ3) is 10.9. The molecular weight excluding hydrogens is 529 g/mol. The molecule has 1 saturated heterocycles. The maximum atomic E-state index is 2.79. The van der Waals surface area contributed by atoms with E-state index in [4.69, 9.17) is 0 Å². The van der Waals surface area contributed by atoms with Crippen LogP contribution in [0.25, 0.3) is 0 Å². The van der Waals surface area contributed by atoms with E-state index in [1.807, 2.05) is 0 Å². The molecule has 0 bridgehead atoms. The van der Waals surface area contributed by atoms with E-state index in [2.05, 4.69) is 112 Å². The summed E-state index contributed by atoms with van der Waals surface area (Å²) in [6, 6.07) is 22.1. The quantitative estimate of drug-likeness (QED) is 0.406. The molecule has 0 aliphatic carbocycles. The van der Waals surface area contributed by atoms with E-state index in [0.717, 1.165) is 13.1 Å². The number of benzene rings is 2. The van der Waals surface area contributed by atoms with Crippen LogP contribution in [0.4, 0.5) is 0 Å². The Kier molecular flexibility index (Phi) is 14.9. The molecule has 2 nitrogen and oxygen atoms in total. The largest absolute Gasteiger partial charge is 2.00 e. The Hall–Kier alpha value is 0.319. The van der Waals surface area contributed by atoms with Crippen LogP contribution in [0.5, 0.6) is 0 Å². The minimum Gasteiger partial charge on any atom is -1.00 e. The van der Waals surface area contributed by atoms with Crippen molar-refractivity contribution < 1.29 is 41.9 Å².